The number of aryl methyl sites for hydroxylation is 1. The molecule has 0 aliphatic heterocycles. The Labute approximate surface area is 117 Å². The molecule has 0 bridgehead atoms. The lowest BCUT2D eigenvalue weighted by Crippen LogP contribution is -2.25. The first kappa shape index (κ1) is 14.5. The first-order valence-electron chi connectivity index (χ1n) is 6.07. The van der Waals surface area contributed by atoms with Crippen molar-refractivity contribution >= 4 is 28.5 Å². The fraction of sp³-hybridized carbons (Fsp3) is 0.500. The summed E-state index contributed by atoms with van der Waals surface area (Å²) in [5.74, 6) is 0.0562. The van der Waals surface area contributed by atoms with Crippen LogP contribution in [0.1, 0.15) is 40.7 Å². The zero-order valence-corrected chi connectivity index (χ0v) is 12.7. The average molecular weight is 345 g/mol. The third-order valence-corrected chi connectivity index (χ3v) is 3.71. The van der Waals surface area contributed by atoms with Crippen LogP contribution in [0.25, 0.3) is 0 Å². The summed E-state index contributed by atoms with van der Waals surface area (Å²) in [6, 6.07) is 5.86. The molecule has 1 amide bonds. The van der Waals surface area contributed by atoms with E-state index in [0.29, 0.717) is 0 Å². The number of rotatable bonds is 6. The molecule has 1 aromatic rings. The van der Waals surface area contributed by atoms with Crippen LogP contribution < -0.4 is 5.32 Å². The van der Waals surface area contributed by atoms with Crippen molar-refractivity contribution in [1.29, 1.82) is 0 Å². The Morgan fingerprint density at radius 3 is 2.71 bits per heavy atom. The van der Waals surface area contributed by atoms with Gasteiger partial charge in [0, 0.05) is 12.1 Å². The molecule has 0 aliphatic carbocycles. The van der Waals surface area contributed by atoms with Gasteiger partial charge in [0.2, 0.25) is 0 Å². The van der Waals surface area contributed by atoms with E-state index in [0.717, 1.165) is 24.1 Å². The average Bonchev–Trinajstić information content (AvgIpc) is 2.32. The highest BCUT2D eigenvalue weighted by Crippen LogP contribution is 2.12. The van der Waals surface area contributed by atoms with E-state index in [-0.39, 0.29) is 5.91 Å². The summed E-state index contributed by atoms with van der Waals surface area (Å²) in [4.78, 5) is 11.9. The van der Waals surface area contributed by atoms with E-state index < -0.39 is 0 Å². The van der Waals surface area contributed by atoms with Crippen LogP contribution in [-0.4, -0.2) is 16.9 Å². The Morgan fingerprint density at radius 2 is 2.00 bits per heavy atom. The molecule has 0 fully saturated rings. The van der Waals surface area contributed by atoms with Crippen molar-refractivity contribution in [1.82, 2.24) is 5.32 Å². The third kappa shape index (κ3) is 4.66. The lowest BCUT2D eigenvalue weighted by molar-refractivity contribution is 0.0952. The number of amides is 1. The number of unbranched alkanes of at least 4 members (excludes halogenated alkanes) is 2. The Morgan fingerprint density at radius 1 is 1.24 bits per heavy atom. The lowest BCUT2D eigenvalue weighted by Gasteiger charge is -2.09. The van der Waals surface area contributed by atoms with Gasteiger partial charge in [0.15, 0.2) is 0 Å². The molecule has 0 aliphatic rings. The number of nitrogens with one attached hydrogen (secondary N) is 1. The van der Waals surface area contributed by atoms with Crippen LogP contribution in [0.15, 0.2) is 18.2 Å². The van der Waals surface area contributed by atoms with Crippen LogP contribution in [0, 0.1) is 13.8 Å². The summed E-state index contributed by atoms with van der Waals surface area (Å²) in [5, 5.41) is 2.98. The minimum atomic E-state index is 0.0562. The second kappa shape index (κ2) is 7.69. The van der Waals surface area contributed by atoms with Crippen molar-refractivity contribution in [2.24, 2.45) is 0 Å². The smallest absolute Gasteiger partial charge is 0.251 e. The molecule has 0 radical (unpaired) electrons. The van der Waals surface area contributed by atoms with Crippen LogP contribution in [0.3, 0.4) is 0 Å². The van der Waals surface area contributed by atoms with Crippen LogP contribution in [-0.2, 0) is 0 Å². The Kier molecular flexibility index (Phi) is 6.55. The maximum Gasteiger partial charge on any atom is 0.251 e. The molecule has 3 heteroatoms. The molecule has 0 heterocycles. The molecule has 17 heavy (non-hydrogen) atoms. The molecular weight excluding hydrogens is 325 g/mol. The maximum absolute atomic E-state index is 11.9. The lowest BCUT2D eigenvalue weighted by atomic mass is 10.0. The second-order valence-corrected chi connectivity index (χ2v) is 5.33. The molecule has 0 saturated carbocycles. The third-order valence-electron chi connectivity index (χ3n) is 2.95. The maximum atomic E-state index is 11.9. The topological polar surface area (TPSA) is 29.1 Å². The SMILES string of the molecule is Cc1cccc(C(=O)NCCCCCI)c1C. The highest BCUT2D eigenvalue weighted by molar-refractivity contribution is 14.1. The predicted molar refractivity (Wildman–Crippen MR) is 81.0 cm³/mol. The minimum absolute atomic E-state index is 0.0562. The Bertz CT molecular complexity index is 376. The predicted octanol–water partition coefficient (Wildman–Crippen LogP) is 3.64. The van der Waals surface area contributed by atoms with Crippen molar-refractivity contribution in [2.75, 3.05) is 11.0 Å². The van der Waals surface area contributed by atoms with E-state index in [1.807, 2.05) is 32.0 Å². The van der Waals surface area contributed by atoms with Crippen LogP contribution >= 0.6 is 22.6 Å². The van der Waals surface area contributed by atoms with Gasteiger partial charge in [-0.2, -0.15) is 0 Å². The zero-order valence-electron chi connectivity index (χ0n) is 10.6. The van der Waals surface area contributed by atoms with Gasteiger partial charge in [-0.3, -0.25) is 4.79 Å². The molecule has 1 rings (SSSR count). The van der Waals surface area contributed by atoms with E-state index >= 15 is 0 Å². The number of hydrogen-bond donors (Lipinski definition) is 1. The van der Waals surface area contributed by atoms with Crippen LogP contribution in [0.5, 0.6) is 0 Å². The van der Waals surface area contributed by atoms with Gasteiger partial charge in [-0.25, -0.2) is 0 Å². The van der Waals surface area contributed by atoms with Crippen LogP contribution in [0.4, 0.5) is 0 Å². The summed E-state index contributed by atoms with van der Waals surface area (Å²) in [7, 11) is 0. The van der Waals surface area contributed by atoms with Crippen molar-refractivity contribution in [3.05, 3.63) is 34.9 Å². The normalized spacial score (nSPS) is 10.3. The number of carbonyl (C=O) groups is 1. The molecule has 1 aromatic carbocycles. The van der Waals surface area contributed by atoms with Gasteiger partial charge in [-0.05, 0) is 48.3 Å². The van der Waals surface area contributed by atoms with Gasteiger partial charge in [0.05, 0.1) is 0 Å². The molecule has 0 aromatic heterocycles. The number of alkyl halides is 1. The molecule has 0 atom stereocenters. The minimum Gasteiger partial charge on any atom is -0.352 e. The molecular formula is C14H20INO. The van der Waals surface area contributed by atoms with E-state index in [4.69, 9.17) is 0 Å². The second-order valence-electron chi connectivity index (χ2n) is 4.25. The van der Waals surface area contributed by atoms with Gasteiger partial charge in [0.1, 0.15) is 0 Å². The van der Waals surface area contributed by atoms with Crippen molar-refractivity contribution in [3.63, 3.8) is 0 Å². The number of hydrogen-bond acceptors (Lipinski definition) is 1. The van der Waals surface area contributed by atoms with E-state index in [1.165, 1.54) is 22.8 Å². The number of benzene rings is 1. The summed E-state index contributed by atoms with van der Waals surface area (Å²) in [5.41, 5.74) is 3.05. The fourth-order valence-electron chi connectivity index (χ4n) is 1.69. The first-order chi connectivity index (χ1) is 8.16. The van der Waals surface area contributed by atoms with E-state index in [9.17, 15) is 4.79 Å². The monoisotopic (exact) mass is 345 g/mol. The highest BCUT2D eigenvalue weighted by Gasteiger charge is 2.08. The van der Waals surface area contributed by atoms with Gasteiger partial charge in [0.25, 0.3) is 5.91 Å². The summed E-state index contributed by atoms with van der Waals surface area (Å²) in [6.07, 6.45) is 3.50. The van der Waals surface area contributed by atoms with Gasteiger partial charge < -0.3 is 5.32 Å². The summed E-state index contributed by atoms with van der Waals surface area (Å²) < 4.78 is 1.20. The van der Waals surface area contributed by atoms with Gasteiger partial charge >= 0.3 is 0 Å². The molecule has 0 saturated heterocycles. The summed E-state index contributed by atoms with van der Waals surface area (Å²) >= 11 is 2.38. The molecule has 94 valence electrons. The molecule has 0 spiro atoms. The Hall–Kier alpha value is -0.580. The molecule has 0 unspecified atom stereocenters. The summed E-state index contributed by atoms with van der Waals surface area (Å²) in [6.45, 7) is 4.82. The van der Waals surface area contributed by atoms with E-state index in [2.05, 4.69) is 27.9 Å². The van der Waals surface area contributed by atoms with Crippen molar-refractivity contribution in [3.8, 4) is 0 Å². The quantitative estimate of drug-likeness (QED) is 0.476. The fourth-order valence-corrected chi connectivity index (χ4v) is 2.23. The number of halogens is 1. The largest absolute Gasteiger partial charge is 0.352 e. The highest BCUT2D eigenvalue weighted by atomic mass is 127. The van der Waals surface area contributed by atoms with Crippen molar-refractivity contribution < 1.29 is 4.79 Å². The van der Waals surface area contributed by atoms with Crippen molar-refractivity contribution in [2.45, 2.75) is 33.1 Å². The number of carbonyl (C=O) groups excluding carboxylic acids is 1. The molecule has 1 N–H and O–H groups in total. The molecule has 2 nitrogen and oxygen atoms in total. The van der Waals surface area contributed by atoms with Gasteiger partial charge in [-0.15, -0.1) is 0 Å². The van der Waals surface area contributed by atoms with E-state index in [1.54, 1.807) is 0 Å². The Balaban J connectivity index is 2.44. The first-order valence-corrected chi connectivity index (χ1v) is 7.59. The zero-order chi connectivity index (χ0) is 12.7. The standard InChI is InChI=1S/C14H20INO/c1-11-7-6-8-13(12(11)2)14(17)16-10-5-3-4-9-15/h6-8H,3-5,9-10H2,1-2H3,(H,16,17). The van der Waals surface area contributed by atoms with Gasteiger partial charge in [-0.1, -0.05) is 41.1 Å². The van der Waals surface area contributed by atoms with Crippen LogP contribution in [0.2, 0.25) is 0 Å².